The van der Waals surface area contributed by atoms with E-state index in [4.69, 9.17) is 4.74 Å². The van der Waals surface area contributed by atoms with Crippen molar-refractivity contribution in [1.29, 1.82) is 0 Å². The third-order valence-corrected chi connectivity index (χ3v) is 4.94. The molecule has 0 radical (unpaired) electrons. The number of halogens is 2. The van der Waals surface area contributed by atoms with Crippen LogP contribution in [-0.4, -0.2) is 28.7 Å². The van der Waals surface area contributed by atoms with E-state index >= 15 is 0 Å². The van der Waals surface area contributed by atoms with Gasteiger partial charge in [-0.05, 0) is 57.7 Å². The summed E-state index contributed by atoms with van der Waals surface area (Å²) in [6.07, 6.45) is 4.24. The summed E-state index contributed by atoms with van der Waals surface area (Å²) in [6.45, 7) is 5.61. The number of carbonyl (C=O) groups is 1. The number of nitrogens with zero attached hydrogens (tertiary/aromatic N) is 1. The van der Waals surface area contributed by atoms with Crippen LogP contribution in [0.25, 0.3) is 5.57 Å². The molecule has 23 heavy (non-hydrogen) atoms. The van der Waals surface area contributed by atoms with Gasteiger partial charge in [0.05, 0.1) is 6.04 Å². The molecule has 0 aromatic heterocycles. The Morgan fingerprint density at radius 2 is 2.09 bits per heavy atom. The lowest BCUT2D eigenvalue weighted by Crippen LogP contribution is -2.45. The highest BCUT2D eigenvalue weighted by Gasteiger charge is 2.42. The van der Waals surface area contributed by atoms with Gasteiger partial charge >= 0.3 is 6.09 Å². The number of hydrogen-bond acceptors (Lipinski definition) is 2. The number of ether oxygens (including phenoxy) is 1. The average Bonchev–Trinajstić information content (AvgIpc) is 2.68. The molecule has 124 valence electrons. The van der Waals surface area contributed by atoms with Crippen molar-refractivity contribution in [2.24, 2.45) is 0 Å². The van der Waals surface area contributed by atoms with Gasteiger partial charge < -0.3 is 4.74 Å². The standard InChI is InChI=1S/C18H21BrFNO2/c1-18(2,3)23-17(22)21-12-7-8-13(21)10-11(9-12)16-14(19)5-4-6-15(16)20/h4-6,9,12-13H,7-8,10H2,1-3H3. The first-order chi connectivity index (χ1) is 10.8. The molecule has 0 N–H and O–H groups in total. The van der Waals surface area contributed by atoms with Gasteiger partial charge in [-0.1, -0.05) is 28.1 Å². The maximum atomic E-state index is 14.2. The molecule has 3 rings (SSSR count). The van der Waals surface area contributed by atoms with Crippen LogP contribution in [0, 0.1) is 5.82 Å². The lowest BCUT2D eigenvalue weighted by molar-refractivity contribution is 0.0175. The minimum absolute atomic E-state index is 0.00916. The molecule has 2 heterocycles. The van der Waals surface area contributed by atoms with Crippen LogP contribution in [-0.2, 0) is 4.74 Å². The largest absolute Gasteiger partial charge is 0.444 e. The van der Waals surface area contributed by atoms with E-state index in [1.54, 1.807) is 6.07 Å². The van der Waals surface area contributed by atoms with Crippen molar-refractivity contribution >= 4 is 27.6 Å². The molecule has 1 aromatic rings. The SMILES string of the molecule is CC(C)(C)OC(=O)N1C2C=C(c3c(F)cccc3Br)CC1CC2. The quantitative estimate of drug-likeness (QED) is 0.673. The van der Waals surface area contributed by atoms with E-state index in [0.29, 0.717) is 12.0 Å². The predicted molar refractivity (Wildman–Crippen MR) is 91.6 cm³/mol. The van der Waals surface area contributed by atoms with E-state index in [1.165, 1.54) is 6.07 Å². The molecule has 5 heteroatoms. The first-order valence-corrected chi connectivity index (χ1v) is 8.72. The first kappa shape index (κ1) is 16.5. The van der Waals surface area contributed by atoms with E-state index in [2.05, 4.69) is 15.9 Å². The van der Waals surface area contributed by atoms with Gasteiger partial charge in [0.2, 0.25) is 0 Å². The molecule has 1 aromatic carbocycles. The molecular formula is C18H21BrFNO2. The molecule has 0 aliphatic carbocycles. The minimum atomic E-state index is -0.505. The second-order valence-corrected chi connectivity index (χ2v) is 8.03. The van der Waals surface area contributed by atoms with Crippen molar-refractivity contribution in [3.8, 4) is 0 Å². The summed E-state index contributed by atoms with van der Waals surface area (Å²) in [5.74, 6) is -0.226. The fraction of sp³-hybridized carbons (Fsp3) is 0.500. The van der Waals surface area contributed by atoms with E-state index in [0.717, 1.165) is 22.9 Å². The Kier molecular flexibility index (Phi) is 4.25. The lowest BCUT2D eigenvalue weighted by atomic mass is 9.94. The van der Waals surface area contributed by atoms with Crippen LogP contribution in [0.3, 0.4) is 0 Å². The predicted octanol–water partition coefficient (Wildman–Crippen LogP) is 5.14. The molecule has 0 saturated carbocycles. The van der Waals surface area contributed by atoms with Gasteiger partial charge in [0.1, 0.15) is 11.4 Å². The van der Waals surface area contributed by atoms with E-state index in [9.17, 15) is 9.18 Å². The first-order valence-electron chi connectivity index (χ1n) is 7.92. The molecule has 1 fully saturated rings. The second kappa shape index (κ2) is 5.93. The zero-order chi connectivity index (χ0) is 16.8. The number of rotatable bonds is 1. The van der Waals surface area contributed by atoms with Crippen molar-refractivity contribution in [3.05, 3.63) is 40.1 Å². The molecule has 2 atom stereocenters. The normalized spacial score (nSPS) is 23.7. The van der Waals surface area contributed by atoms with Crippen molar-refractivity contribution in [2.75, 3.05) is 0 Å². The highest BCUT2D eigenvalue weighted by Crippen LogP contribution is 2.41. The Morgan fingerprint density at radius 1 is 1.35 bits per heavy atom. The molecule has 2 unspecified atom stereocenters. The lowest BCUT2D eigenvalue weighted by Gasteiger charge is -2.35. The summed E-state index contributed by atoms with van der Waals surface area (Å²) in [4.78, 5) is 14.3. The zero-order valence-corrected chi connectivity index (χ0v) is 15.2. The third kappa shape index (κ3) is 3.30. The number of fused-ring (bicyclic) bond motifs is 2. The zero-order valence-electron chi connectivity index (χ0n) is 13.6. The molecular weight excluding hydrogens is 361 g/mol. The molecule has 2 aliphatic rings. The molecule has 2 aliphatic heterocycles. The monoisotopic (exact) mass is 381 g/mol. The highest BCUT2D eigenvalue weighted by atomic mass is 79.9. The number of hydrogen-bond donors (Lipinski definition) is 0. The summed E-state index contributed by atoms with van der Waals surface area (Å²) >= 11 is 3.44. The van der Waals surface area contributed by atoms with Gasteiger partial charge in [-0.15, -0.1) is 0 Å². The summed E-state index contributed by atoms with van der Waals surface area (Å²) < 4.78 is 20.5. The van der Waals surface area contributed by atoms with Crippen LogP contribution < -0.4 is 0 Å². The summed E-state index contributed by atoms with van der Waals surface area (Å²) in [5.41, 5.74) is 1.09. The van der Waals surface area contributed by atoms with Crippen molar-refractivity contribution in [1.82, 2.24) is 4.90 Å². The van der Waals surface area contributed by atoms with Crippen LogP contribution in [0.15, 0.2) is 28.7 Å². The molecule has 1 saturated heterocycles. The number of benzene rings is 1. The van der Waals surface area contributed by atoms with Gasteiger partial charge in [-0.25, -0.2) is 9.18 Å². The van der Waals surface area contributed by atoms with Gasteiger partial charge in [0.15, 0.2) is 0 Å². The maximum Gasteiger partial charge on any atom is 0.411 e. The van der Waals surface area contributed by atoms with Crippen molar-refractivity contribution in [3.63, 3.8) is 0 Å². The highest BCUT2D eigenvalue weighted by molar-refractivity contribution is 9.10. The minimum Gasteiger partial charge on any atom is -0.444 e. The number of carbonyl (C=O) groups excluding carboxylic acids is 1. The van der Waals surface area contributed by atoms with Crippen molar-refractivity contribution in [2.45, 2.75) is 57.7 Å². The van der Waals surface area contributed by atoms with Crippen LogP contribution >= 0.6 is 15.9 Å². The maximum absolute atomic E-state index is 14.2. The summed E-state index contributed by atoms with van der Waals surface area (Å²) in [6, 6.07) is 5.09. The fourth-order valence-electron chi connectivity index (χ4n) is 3.42. The third-order valence-electron chi connectivity index (χ3n) is 4.28. The van der Waals surface area contributed by atoms with Gasteiger partial charge in [-0.2, -0.15) is 0 Å². The Labute approximate surface area is 144 Å². The van der Waals surface area contributed by atoms with Crippen LogP contribution in [0.1, 0.15) is 45.6 Å². The molecule has 0 spiro atoms. The Balaban J connectivity index is 1.88. The van der Waals surface area contributed by atoms with Crippen LogP contribution in [0.5, 0.6) is 0 Å². The summed E-state index contributed by atoms with van der Waals surface area (Å²) in [7, 11) is 0. The van der Waals surface area contributed by atoms with Gasteiger partial charge in [0, 0.05) is 16.1 Å². The molecule has 1 amide bonds. The van der Waals surface area contributed by atoms with Crippen LogP contribution in [0.4, 0.5) is 9.18 Å². The topological polar surface area (TPSA) is 29.5 Å². The Hall–Kier alpha value is -1.36. The Morgan fingerprint density at radius 3 is 2.70 bits per heavy atom. The van der Waals surface area contributed by atoms with Crippen molar-refractivity contribution < 1.29 is 13.9 Å². The summed E-state index contributed by atoms with van der Waals surface area (Å²) in [5, 5.41) is 0. The van der Waals surface area contributed by atoms with E-state index in [-0.39, 0.29) is 24.0 Å². The second-order valence-electron chi connectivity index (χ2n) is 7.18. The van der Waals surface area contributed by atoms with Crippen LogP contribution in [0.2, 0.25) is 0 Å². The smallest absolute Gasteiger partial charge is 0.411 e. The van der Waals surface area contributed by atoms with E-state index in [1.807, 2.05) is 37.8 Å². The fourth-order valence-corrected chi connectivity index (χ4v) is 4.02. The molecule has 2 bridgehead atoms. The van der Waals surface area contributed by atoms with Gasteiger partial charge in [-0.3, -0.25) is 4.90 Å². The van der Waals surface area contributed by atoms with E-state index < -0.39 is 5.60 Å². The van der Waals surface area contributed by atoms with Gasteiger partial charge in [0.25, 0.3) is 0 Å². The Bertz CT molecular complexity index is 645. The number of amides is 1. The average molecular weight is 382 g/mol. The molecule has 3 nitrogen and oxygen atoms in total.